The van der Waals surface area contributed by atoms with Gasteiger partial charge in [0.25, 0.3) is 0 Å². The second kappa shape index (κ2) is 13.5. The first-order valence-electron chi connectivity index (χ1n) is 9.00. The molecule has 8 heteroatoms. The van der Waals surface area contributed by atoms with E-state index in [0.29, 0.717) is 12.8 Å². The van der Waals surface area contributed by atoms with Gasteiger partial charge in [-0.25, -0.2) is 0 Å². The molecular weight excluding hydrogens is 368 g/mol. The SMILES string of the molecule is C/C=C/C#CC#C[C@H](O)[C@H](/C=C\CCCO)O[C@@H]1O[C@H](CO)[C@@H](O)[C@H](O)[C@H]1O. The lowest BCUT2D eigenvalue weighted by Gasteiger charge is -2.40. The molecule has 1 fully saturated rings. The molecule has 1 heterocycles. The van der Waals surface area contributed by atoms with E-state index in [0.717, 1.165) is 0 Å². The van der Waals surface area contributed by atoms with Crippen molar-refractivity contribution in [2.75, 3.05) is 13.2 Å². The Morgan fingerprint density at radius 1 is 1.11 bits per heavy atom. The largest absolute Gasteiger partial charge is 0.396 e. The quantitative estimate of drug-likeness (QED) is 0.165. The highest BCUT2D eigenvalue weighted by atomic mass is 16.7. The van der Waals surface area contributed by atoms with Crippen molar-refractivity contribution < 1.29 is 40.1 Å². The third-order valence-corrected chi connectivity index (χ3v) is 3.91. The summed E-state index contributed by atoms with van der Waals surface area (Å²) in [6.07, 6.45) is -2.07. The number of hydrogen-bond acceptors (Lipinski definition) is 8. The Morgan fingerprint density at radius 3 is 2.50 bits per heavy atom. The lowest BCUT2D eigenvalue weighted by atomic mass is 9.99. The third-order valence-electron chi connectivity index (χ3n) is 3.91. The summed E-state index contributed by atoms with van der Waals surface area (Å²) in [6.45, 7) is 1.22. The summed E-state index contributed by atoms with van der Waals surface area (Å²) < 4.78 is 10.9. The molecule has 1 rings (SSSR count). The maximum Gasteiger partial charge on any atom is 0.187 e. The van der Waals surface area contributed by atoms with E-state index in [-0.39, 0.29) is 6.61 Å². The molecule has 156 valence electrons. The number of ether oxygens (including phenoxy) is 2. The van der Waals surface area contributed by atoms with E-state index in [4.69, 9.17) is 14.6 Å². The standard InChI is InChI=1S/C20H28O8/c1-2-3-4-5-7-10-14(23)15(11-8-6-9-12-21)27-20-19(26)18(25)17(24)16(13-22)28-20/h2-3,8,11,14-26H,6,9,12-13H2,1H3/b3-2+,11-8-/t14-,15-,16+,17+,18-,19+,20+/m0/s1. The second-order valence-electron chi connectivity index (χ2n) is 6.08. The highest BCUT2D eigenvalue weighted by Crippen LogP contribution is 2.23. The maximum atomic E-state index is 10.3. The van der Waals surface area contributed by atoms with Gasteiger partial charge in [-0.1, -0.05) is 30.1 Å². The maximum absolute atomic E-state index is 10.3. The minimum Gasteiger partial charge on any atom is -0.396 e. The van der Waals surface area contributed by atoms with Gasteiger partial charge in [0.05, 0.1) is 6.61 Å². The lowest BCUT2D eigenvalue weighted by Crippen LogP contribution is -2.60. The molecule has 8 nitrogen and oxygen atoms in total. The van der Waals surface area contributed by atoms with Crippen molar-refractivity contribution in [3.05, 3.63) is 24.3 Å². The van der Waals surface area contributed by atoms with E-state index < -0.39 is 49.5 Å². The predicted octanol–water partition coefficient (Wildman–Crippen LogP) is -1.56. The topological polar surface area (TPSA) is 140 Å². The van der Waals surface area contributed by atoms with E-state index in [1.54, 1.807) is 25.2 Å². The fraction of sp³-hybridized carbons (Fsp3) is 0.600. The van der Waals surface area contributed by atoms with Crippen LogP contribution in [-0.2, 0) is 9.47 Å². The highest BCUT2D eigenvalue weighted by molar-refractivity contribution is 5.32. The molecule has 0 aromatic carbocycles. The second-order valence-corrected chi connectivity index (χ2v) is 6.08. The van der Waals surface area contributed by atoms with E-state index in [2.05, 4.69) is 23.7 Å². The Morgan fingerprint density at radius 2 is 1.86 bits per heavy atom. The molecule has 0 radical (unpaired) electrons. The number of rotatable bonds is 8. The first kappa shape index (κ1) is 24.3. The predicted molar refractivity (Wildman–Crippen MR) is 100 cm³/mol. The summed E-state index contributed by atoms with van der Waals surface area (Å²) in [7, 11) is 0. The average molecular weight is 396 g/mol. The number of allylic oxidation sites excluding steroid dienone is 3. The van der Waals surface area contributed by atoms with Crippen molar-refractivity contribution in [2.45, 2.75) is 62.7 Å². The summed E-state index contributed by atoms with van der Waals surface area (Å²) in [4.78, 5) is 0. The van der Waals surface area contributed by atoms with Crippen molar-refractivity contribution in [2.24, 2.45) is 0 Å². The number of hydrogen-bond donors (Lipinski definition) is 6. The van der Waals surface area contributed by atoms with Crippen molar-refractivity contribution >= 4 is 0 Å². The molecule has 0 aliphatic carbocycles. The number of aliphatic hydroxyl groups excluding tert-OH is 6. The monoisotopic (exact) mass is 396 g/mol. The first-order valence-corrected chi connectivity index (χ1v) is 9.00. The first-order chi connectivity index (χ1) is 13.5. The average Bonchev–Trinajstić information content (AvgIpc) is 2.69. The molecular formula is C20H28O8. The smallest absolute Gasteiger partial charge is 0.187 e. The van der Waals surface area contributed by atoms with Crippen LogP contribution in [0.15, 0.2) is 24.3 Å². The Balaban J connectivity index is 2.92. The van der Waals surface area contributed by atoms with Gasteiger partial charge in [-0.05, 0) is 37.7 Å². The molecule has 0 aromatic rings. The Hall–Kier alpha value is -1.72. The summed E-state index contributed by atoms with van der Waals surface area (Å²) in [5.41, 5.74) is 0. The fourth-order valence-electron chi connectivity index (χ4n) is 2.35. The lowest BCUT2D eigenvalue weighted by molar-refractivity contribution is -0.311. The van der Waals surface area contributed by atoms with Crippen molar-refractivity contribution in [1.29, 1.82) is 0 Å². The van der Waals surface area contributed by atoms with Crippen LogP contribution in [-0.4, -0.2) is 86.8 Å². The van der Waals surface area contributed by atoms with E-state index in [9.17, 15) is 25.5 Å². The van der Waals surface area contributed by atoms with Crippen LogP contribution in [0.5, 0.6) is 0 Å². The molecule has 1 aliphatic heterocycles. The van der Waals surface area contributed by atoms with Crippen molar-refractivity contribution in [1.82, 2.24) is 0 Å². The molecule has 6 N–H and O–H groups in total. The van der Waals surface area contributed by atoms with Crippen LogP contribution >= 0.6 is 0 Å². The van der Waals surface area contributed by atoms with Gasteiger partial charge < -0.3 is 40.1 Å². The Kier molecular flexibility index (Phi) is 11.7. The molecule has 1 saturated heterocycles. The summed E-state index contributed by atoms with van der Waals surface area (Å²) in [5.74, 6) is 10.2. The number of aliphatic hydroxyl groups is 6. The zero-order chi connectivity index (χ0) is 20.9. The van der Waals surface area contributed by atoms with E-state index in [1.165, 1.54) is 6.08 Å². The Bertz CT molecular complexity index is 622. The highest BCUT2D eigenvalue weighted by Gasteiger charge is 2.45. The minimum absolute atomic E-state index is 0.00543. The van der Waals surface area contributed by atoms with E-state index >= 15 is 0 Å². The van der Waals surface area contributed by atoms with Crippen LogP contribution in [0, 0.1) is 23.7 Å². The van der Waals surface area contributed by atoms with Crippen molar-refractivity contribution in [3.8, 4) is 23.7 Å². The Labute approximate surface area is 164 Å². The van der Waals surface area contributed by atoms with Gasteiger partial charge in [0.15, 0.2) is 6.29 Å². The summed E-state index contributed by atoms with van der Waals surface area (Å²) in [5, 5.41) is 58.2. The molecule has 0 bridgehead atoms. The van der Waals surface area contributed by atoms with Crippen LogP contribution < -0.4 is 0 Å². The van der Waals surface area contributed by atoms with Crippen LogP contribution in [0.25, 0.3) is 0 Å². The van der Waals surface area contributed by atoms with Gasteiger partial charge in [-0.2, -0.15) is 0 Å². The van der Waals surface area contributed by atoms with Gasteiger partial charge in [0.1, 0.15) is 36.6 Å². The molecule has 1 aliphatic rings. The molecule has 0 unspecified atom stereocenters. The molecule has 0 saturated carbocycles. The van der Waals surface area contributed by atoms with Gasteiger partial charge >= 0.3 is 0 Å². The summed E-state index contributed by atoms with van der Waals surface area (Å²) in [6, 6.07) is 0. The normalized spacial score (nSPS) is 29.8. The molecule has 7 atom stereocenters. The zero-order valence-electron chi connectivity index (χ0n) is 15.7. The molecule has 0 spiro atoms. The third kappa shape index (κ3) is 7.72. The minimum atomic E-state index is -1.60. The molecule has 0 amide bonds. The molecule has 0 aromatic heterocycles. The van der Waals surface area contributed by atoms with Crippen LogP contribution in [0.1, 0.15) is 19.8 Å². The molecule has 28 heavy (non-hydrogen) atoms. The van der Waals surface area contributed by atoms with Crippen LogP contribution in [0.2, 0.25) is 0 Å². The van der Waals surface area contributed by atoms with E-state index in [1.807, 2.05) is 0 Å². The zero-order valence-corrected chi connectivity index (χ0v) is 15.7. The van der Waals surface area contributed by atoms with Crippen molar-refractivity contribution in [3.63, 3.8) is 0 Å². The van der Waals surface area contributed by atoms with Gasteiger partial charge in [-0.3, -0.25) is 0 Å². The summed E-state index contributed by atoms with van der Waals surface area (Å²) >= 11 is 0. The number of unbranched alkanes of at least 4 members (excludes halogenated alkanes) is 1. The van der Waals surface area contributed by atoms with Gasteiger partial charge in [0, 0.05) is 6.61 Å². The van der Waals surface area contributed by atoms with Crippen LogP contribution in [0.3, 0.4) is 0 Å². The van der Waals surface area contributed by atoms with Gasteiger partial charge in [-0.15, -0.1) is 0 Å². The van der Waals surface area contributed by atoms with Gasteiger partial charge in [0.2, 0.25) is 0 Å². The fourth-order valence-corrected chi connectivity index (χ4v) is 2.35. The van der Waals surface area contributed by atoms with Crippen LogP contribution in [0.4, 0.5) is 0 Å².